The van der Waals surface area contributed by atoms with Crippen LogP contribution in [0.15, 0.2) is 52.5 Å². The van der Waals surface area contributed by atoms with Crippen molar-refractivity contribution in [3.8, 4) is 0 Å². The molecule has 2 aromatic rings. The van der Waals surface area contributed by atoms with Crippen LogP contribution in [0.25, 0.3) is 10.9 Å². The summed E-state index contributed by atoms with van der Waals surface area (Å²) in [5, 5.41) is 5.48. The van der Waals surface area contributed by atoms with E-state index in [4.69, 9.17) is 4.84 Å². The number of benzene rings is 1. The Morgan fingerprint density at radius 2 is 1.78 bits per heavy atom. The van der Waals surface area contributed by atoms with Gasteiger partial charge in [-0.25, -0.2) is 0 Å². The van der Waals surface area contributed by atoms with Crippen molar-refractivity contribution in [3.63, 3.8) is 0 Å². The normalized spacial score (nSPS) is 20.6. The quantitative estimate of drug-likeness (QED) is 0.784. The minimum absolute atomic E-state index is 0.00675. The first kappa shape index (κ1) is 23.8. The molecular weight excluding hydrogens is 400 g/mol. The van der Waals surface area contributed by atoms with Crippen LogP contribution in [-0.4, -0.2) is 60.0 Å². The summed E-state index contributed by atoms with van der Waals surface area (Å²) in [6.45, 7) is 13.5. The number of pyridine rings is 1. The van der Waals surface area contributed by atoms with Crippen LogP contribution < -0.4 is 5.56 Å². The number of H-pyrrole nitrogens is 1. The number of aromatic amines is 1. The molecule has 4 rings (SSSR count). The minimum atomic E-state index is 0.00675. The number of hydrogen-bond donors (Lipinski definition) is 1. The van der Waals surface area contributed by atoms with E-state index in [1.54, 1.807) is 0 Å². The van der Waals surface area contributed by atoms with Gasteiger partial charge in [0.2, 0.25) is 0 Å². The predicted octanol–water partition coefficient (Wildman–Crippen LogP) is 4.18. The lowest BCUT2D eigenvalue weighted by Gasteiger charge is -2.36. The first-order valence-corrected chi connectivity index (χ1v) is 11.7. The van der Waals surface area contributed by atoms with Crippen molar-refractivity contribution in [1.29, 1.82) is 0 Å². The fourth-order valence-corrected chi connectivity index (χ4v) is 4.04. The maximum Gasteiger partial charge on any atom is 0.251 e. The number of oxime groups is 1. The molecule has 6 heteroatoms. The van der Waals surface area contributed by atoms with Crippen molar-refractivity contribution in [2.24, 2.45) is 5.16 Å². The van der Waals surface area contributed by atoms with E-state index in [-0.39, 0.29) is 5.56 Å². The molecule has 0 aliphatic carbocycles. The maximum absolute atomic E-state index is 12.0. The third kappa shape index (κ3) is 5.88. The number of aryl methyl sites for hydroxylation is 1. The van der Waals surface area contributed by atoms with Gasteiger partial charge in [0.15, 0.2) is 0 Å². The molecule has 0 saturated carbocycles. The van der Waals surface area contributed by atoms with E-state index in [0.717, 1.165) is 73.4 Å². The van der Waals surface area contributed by atoms with Crippen LogP contribution in [0, 0.1) is 13.8 Å². The molecule has 1 saturated heterocycles. The molecule has 0 radical (unpaired) electrons. The van der Waals surface area contributed by atoms with E-state index in [9.17, 15) is 4.79 Å². The summed E-state index contributed by atoms with van der Waals surface area (Å²) in [4.78, 5) is 25.2. The highest BCUT2D eigenvalue weighted by Crippen LogP contribution is 2.19. The van der Waals surface area contributed by atoms with Crippen LogP contribution in [0.3, 0.4) is 0 Å². The van der Waals surface area contributed by atoms with Crippen molar-refractivity contribution in [2.45, 2.75) is 40.5 Å². The molecule has 0 unspecified atom stereocenters. The fourth-order valence-electron chi connectivity index (χ4n) is 4.04. The Bertz CT molecular complexity index is 1040. The van der Waals surface area contributed by atoms with Crippen LogP contribution in [0.2, 0.25) is 0 Å². The molecule has 172 valence electrons. The molecule has 32 heavy (non-hydrogen) atoms. The average molecular weight is 437 g/mol. The SMILES string of the molecule is CC.Cc1c(C)c2cc(CCN3CCN(/C4=N/OC/C=C\C=C/C4)CC3)ccc2[nH]c1=O. The molecule has 3 heterocycles. The Balaban J connectivity index is 0.00000141. The van der Waals surface area contributed by atoms with Crippen molar-refractivity contribution < 1.29 is 4.84 Å². The number of piperazine rings is 1. The first-order valence-electron chi connectivity index (χ1n) is 11.7. The second kappa shape index (κ2) is 11.7. The summed E-state index contributed by atoms with van der Waals surface area (Å²) in [6, 6.07) is 6.40. The fraction of sp³-hybridized carbons (Fsp3) is 0.462. The Hall–Kier alpha value is -2.86. The summed E-state index contributed by atoms with van der Waals surface area (Å²) in [6.07, 6.45) is 9.97. The zero-order valence-corrected chi connectivity index (χ0v) is 19.9. The van der Waals surface area contributed by atoms with Gasteiger partial charge in [0.05, 0.1) is 0 Å². The lowest BCUT2D eigenvalue weighted by atomic mass is 10.0. The van der Waals surface area contributed by atoms with Gasteiger partial charge in [-0.3, -0.25) is 9.69 Å². The van der Waals surface area contributed by atoms with Gasteiger partial charge < -0.3 is 14.7 Å². The summed E-state index contributed by atoms with van der Waals surface area (Å²) < 4.78 is 0. The zero-order chi connectivity index (χ0) is 22.9. The van der Waals surface area contributed by atoms with E-state index >= 15 is 0 Å². The highest BCUT2D eigenvalue weighted by Gasteiger charge is 2.19. The molecule has 1 aromatic carbocycles. The first-order chi connectivity index (χ1) is 15.6. The van der Waals surface area contributed by atoms with E-state index in [0.29, 0.717) is 6.61 Å². The van der Waals surface area contributed by atoms with Gasteiger partial charge in [-0.15, -0.1) is 0 Å². The number of hydrogen-bond acceptors (Lipinski definition) is 5. The van der Waals surface area contributed by atoms with Gasteiger partial charge in [0.1, 0.15) is 12.4 Å². The molecule has 0 spiro atoms. The predicted molar refractivity (Wildman–Crippen MR) is 133 cm³/mol. The van der Waals surface area contributed by atoms with Gasteiger partial charge in [0, 0.05) is 55.6 Å². The van der Waals surface area contributed by atoms with E-state index in [2.05, 4.69) is 44.2 Å². The van der Waals surface area contributed by atoms with Crippen molar-refractivity contribution >= 4 is 16.7 Å². The maximum atomic E-state index is 12.0. The lowest BCUT2D eigenvalue weighted by Crippen LogP contribution is -2.49. The Kier molecular flexibility index (Phi) is 8.68. The van der Waals surface area contributed by atoms with Gasteiger partial charge in [-0.2, -0.15) is 0 Å². The van der Waals surface area contributed by atoms with Gasteiger partial charge >= 0.3 is 0 Å². The van der Waals surface area contributed by atoms with Gasteiger partial charge in [-0.1, -0.05) is 43.3 Å². The third-order valence-corrected chi connectivity index (χ3v) is 6.12. The third-order valence-electron chi connectivity index (χ3n) is 6.12. The number of allylic oxidation sites excluding steroid dienone is 2. The average Bonchev–Trinajstić information content (AvgIpc) is 2.97. The molecule has 0 atom stereocenters. The topological polar surface area (TPSA) is 60.9 Å². The highest BCUT2D eigenvalue weighted by molar-refractivity contribution is 5.84. The van der Waals surface area contributed by atoms with Crippen LogP contribution in [0.5, 0.6) is 0 Å². The molecule has 1 N–H and O–H groups in total. The Labute approximate surface area is 191 Å². The molecule has 6 nitrogen and oxygen atoms in total. The monoisotopic (exact) mass is 436 g/mol. The Morgan fingerprint density at radius 3 is 2.56 bits per heavy atom. The van der Waals surface area contributed by atoms with Gasteiger partial charge in [0.25, 0.3) is 5.56 Å². The second-order valence-electron chi connectivity index (χ2n) is 8.03. The standard InChI is InChI=1S/C24H30N4O2.C2H6/c1-18-19(2)24(29)25-22-9-8-20(17-21(18)22)10-11-27-12-14-28(15-13-27)23-7-5-3-4-6-16-30-26-23;1-2/h3-6,8-9,17H,7,10-16H2,1-2H3,(H,25,29);1-2H3/b5-3-,6-4-,26-23+;. The summed E-state index contributed by atoms with van der Waals surface area (Å²) in [5.41, 5.74) is 4.12. The van der Waals surface area contributed by atoms with E-state index in [1.807, 2.05) is 45.9 Å². The van der Waals surface area contributed by atoms with E-state index < -0.39 is 0 Å². The Morgan fingerprint density at radius 1 is 1.03 bits per heavy atom. The van der Waals surface area contributed by atoms with E-state index in [1.165, 1.54) is 5.56 Å². The van der Waals surface area contributed by atoms with Crippen LogP contribution in [0.1, 0.15) is 37.0 Å². The largest absolute Gasteiger partial charge is 0.390 e. The summed E-state index contributed by atoms with van der Waals surface area (Å²) in [7, 11) is 0. The number of aromatic nitrogens is 1. The van der Waals surface area contributed by atoms with Crippen LogP contribution in [-0.2, 0) is 11.3 Å². The number of nitrogens with zero attached hydrogens (tertiary/aromatic N) is 3. The molecule has 2 aliphatic heterocycles. The van der Waals surface area contributed by atoms with Crippen molar-refractivity contribution in [1.82, 2.24) is 14.8 Å². The number of nitrogens with one attached hydrogen (secondary N) is 1. The van der Waals surface area contributed by atoms with Crippen molar-refractivity contribution in [2.75, 3.05) is 39.3 Å². The molecule has 1 fully saturated rings. The molecule has 0 amide bonds. The lowest BCUT2D eigenvalue weighted by molar-refractivity contribution is 0.152. The summed E-state index contributed by atoms with van der Waals surface area (Å²) in [5.74, 6) is 1.02. The summed E-state index contributed by atoms with van der Waals surface area (Å²) >= 11 is 0. The molecule has 1 aromatic heterocycles. The molecule has 0 bridgehead atoms. The van der Waals surface area contributed by atoms with Crippen LogP contribution in [0.4, 0.5) is 0 Å². The number of amidine groups is 1. The second-order valence-corrected chi connectivity index (χ2v) is 8.03. The van der Waals surface area contributed by atoms with Gasteiger partial charge in [-0.05, 0) is 49.6 Å². The van der Waals surface area contributed by atoms with Crippen molar-refractivity contribution in [3.05, 3.63) is 69.5 Å². The van der Waals surface area contributed by atoms with Crippen LogP contribution >= 0.6 is 0 Å². The molecular formula is C26H36N4O2. The molecule has 2 aliphatic rings. The number of fused-ring (bicyclic) bond motifs is 1. The minimum Gasteiger partial charge on any atom is -0.390 e. The highest BCUT2D eigenvalue weighted by atomic mass is 16.6. The number of rotatable bonds is 3. The zero-order valence-electron chi connectivity index (χ0n) is 19.9. The smallest absolute Gasteiger partial charge is 0.251 e.